The molecule has 0 aromatic carbocycles. The molecule has 3 aromatic heterocycles. The SMILES string of the molecule is CC(C)C1=CNNC(Nc2ccc3ncc(-c4cnn(CC5CNC5)c4)cc3n2)=C1. The van der Waals surface area contributed by atoms with E-state index < -0.39 is 0 Å². The molecular formula is C22H26N8. The minimum atomic E-state index is 0.439. The fraction of sp³-hybridized carbons (Fsp3) is 0.318. The van der Waals surface area contributed by atoms with Gasteiger partial charge in [0.1, 0.15) is 11.6 Å². The third-order valence-corrected chi connectivity index (χ3v) is 5.50. The molecule has 0 saturated carbocycles. The van der Waals surface area contributed by atoms with E-state index in [2.05, 4.69) is 63.8 Å². The van der Waals surface area contributed by atoms with Crippen molar-refractivity contribution in [2.75, 3.05) is 18.4 Å². The van der Waals surface area contributed by atoms with Crippen LogP contribution in [0.1, 0.15) is 13.8 Å². The van der Waals surface area contributed by atoms with Crippen LogP contribution in [0.3, 0.4) is 0 Å². The summed E-state index contributed by atoms with van der Waals surface area (Å²) >= 11 is 0. The van der Waals surface area contributed by atoms with Gasteiger partial charge in [-0.05, 0) is 35.8 Å². The molecule has 0 aliphatic carbocycles. The van der Waals surface area contributed by atoms with Gasteiger partial charge in [0.15, 0.2) is 0 Å². The summed E-state index contributed by atoms with van der Waals surface area (Å²) in [5.74, 6) is 2.74. The summed E-state index contributed by atoms with van der Waals surface area (Å²) < 4.78 is 2.02. The van der Waals surface area contributed by atoms with Gasteiger partial charge in [-0.3, -0.25) is 15.1 Å². The Morgan fingerprint density at radius 3 is 2.87 bits per heavy atom. The number of pyridine rings is 2. The van der Waals surface area contributed by atoms with Crippen LogP contribution in [0.25, 0.3) is 22.2 Å². The quantitative estimate of drug-likeness (QED) is 0.504. The second kappa shape index (κ2) is 7.79. The van der Waals surface area contributed by atoms with E-state index in [0.29, 0.717) is 11.8 Å². The molecule has 8 heteroatoms. The highest BCUT2D eigenvalue weighted by Crippen LogP contribution is 2.23. The number of rotatable bonds is 6. The van der Waals surface area contributed by atoms with E-state index in [1.165, 1.54) is 5.57 Å². The normalized spacial score (nSPS) is 16.5. The number of nitrogens with one attached hydrogen (secondary N) is 4. The zero-order valence-electron chi connectivity index (χ0n) is 17.2. The third-order valence-electron chi connectivity index (χ3n) is 5.50. The lowest BCUT2D eigenvalue weighted by Crippen LogP contribution is -2.44. The molecule has 0 radical (unpaired) electrons. The molecule has 8 nitrogen and oxygen atoms in total. The maximum atomic E-state index is 4.77. The molecule has 3 aromatic rings. The summed E-state index contributed by atoms with van der Waals surface area (Å²) in [7, 11) is 0. The molecule has 5 rings (SSSR count). The molecule has 2 aliphatic heterocycles. The largest absolute Gasteiger partial charge is 0.325 e. The first kappa shape index (κ1) is 18.6. The van der Waals surface area contributed by atoms with Crippen LogP contribution >= 0.6 is 0 Å². The predicted octanol–water partition coefficient (Wildman–Crippen LogP) is 2.61. The summed E-state index contributed by atoms with van der Waals surface area (Å²) in [6.07, 6.45) is 9.94. The molecule has 154 valence electrons. The van der Waals surface area contributed by atoms with Gasteiger partial charge in [0.2, 0.25) is 0 Å². The van der Waals surface area contributed by atoms with E-state index in [-0.39, 0.29) is 0 Å². The molecule has 2 aliphatic rings. The topological polar surface area (TPSA) is 91.7 Å². The van der Waals surface area contributed by atoms with Crippen LogP contribution in [0, 0.1) is 11.8 Å². The van der Waals surface area contributed by atoms with Crippen molar-refractivity contribution in [3.8, 4) is 11.1 Å². The van der Waals surface area contributed by atoms with Crippen LogP contribution in [0.4, 0.5) is 5.82 Å². The molecule has 0 spiro atoms. The maximum Gasteiger partial charge on any atom is 0.132 e. The lowest BCUT2D eigenvalue weighted by atomic mass is 10.0. The van der Waals surface area contributed by atoms with Gasteiger partial charge in [0.05, 0.1) is 17.2 Å². The Balaban J connectivity index is 1.37. The summed E-state index contributed by atoms with van der Waals surface area (Å²) in [6.45, 7) is 7.42. The molecule has 1 fully saturated rings. The lowest BCUT2D eigenvalue weighted by molar-refractivity contribution is 0.295. The lowest BCUT2D eigenvalue weighted by Gasteiger charge is -2.26. The first-order chi connectivity index (χ1) is 14.6. The molecule has 30 heavy (non-hydrogen) atoms. The van der Waals surface area contributed by atoms with Crippen molar-refractivity contribution in [3.05, 3.63) is 60.5 Å². The Bertz CT molecular complexity index is 1120. The van der Waals surface area contributed by atoms with Gasteiger partial charge in [-0.1, -0.05) is 13.8 Å². The van der Waals surface area contributed by atoms with Crippen LogP contribution in [0.15, 0.2) is 60.5 Å². The van der Waals surface area contributed by atoms with E-state index >= 15 is 0 Å². The molecule has 1 saturated heterocycles. The highest BCUT2D eigenvalue weighted by atomic mass is 15.4. The van der Waals surface area contributed by atoms with Gasteiger partial charge in [-0.15, -0.1) is 0 Å². The molecule has 0 atom stereocenters. The van der Waals surface area contributed by atoms with Crippen molar-refractivity contribution in [3.63, 3.8) is 0 Å². The van der Waals surface area contributed by atoms with Crippen molar-refractivity contribution in [1.29, 1.82) is 0 Å². The van der Waals surface area contributed by atoms with E-state index in [9.17, 15) is 0 Å². The number of allylic oxidation sites excluding steroid dienone is 2. The first-order valence-corrected chi connectivity index (χ1v) is 10.3. The Morgan fingerprint density at radius 1 is 1.17 bits per heavy atom. The maximum absolute atomic E-state index is 4.77. The van der Waals surface area contributed by atoms with Crippen molar-refractivity contribution in [1.82, 2.24) is 35.9 Å². The van der Waals surface area contributed by atoms with Gasteiger partial charge in [-0.25, -0.2) is 4.98 Å². The fourth-order valence-corrected chi connectivity index (χ4v) is 3.57. The average molecular weight is 403 g/mol. The molecule has 4 N–H and O–H groups in total. The van der Waals surface area contributed by atoms with E-state index in [1.807, 2.05) is 35.4 Å². The van der Waals surface area contributed by atoms with Gasteiger partial charge in [-0.2, -0.15) is 5.10 Å². The van der Waals surface area contributed by atoms with Crippen molar-refractivity contribution in [2.24, 2.45) is 11.8 Å². The fourth-order valence-electron chi connectivity index (χ4n) is 3.57. The van der Waals surface area contributed by atoms with Crippen LogP contribution in [-0.4, -0.2) is 32.8 Å². The number of hydrazine groups is 1. The summed E-state index contributed by atoms with van der Waals surface area (Å²) in [5, 5.41) is 11.2. The average Bonchev–Trinajstić information content (AvgIpc) is 3.19. The first-order valence-electron chi connectivity index (χ1n) is 10.3. The van der Waals surface area contributed by atoms with E-state index in [1.54, 1.807) is 0 Å². The zero-order valence-corrected chi connectivity index (χ0v) is 17.2. The number of nitrogens with zero attached hydrogens (tertiary/aromatic N) is 4. The van der Waals surface area contributed by atoms with E-state index in [4.69, 9.17) is 4.98 Å². The van der Waals surface area contributed by atoms with Crippen molar-refractivity contribution < 1.29 is 0 Å². The third kappa shape index (κ3) is 3.86. The zero-order chi connectivity index (χ0) is 20.5. The van der Waals surface area contributed by atoms with Gasteiger partial charge in [0, 0.05) is 55.3 Å². The molecular weight excluding hydrogens is 376 g/mol. The molecule has 5 heterocycles. The summed E-state index contributed by atoms with van der Waals surface area (Å²) in [4.78, 5) is 9.36. The smallest absolute Gasteiger partial charge is 0.132 e. The number of anilines is 1. The summed E-state index contributed by atoms with van der Waals surface area (Å²) in [5.41, 5.74) is 11.2. The van der Waals surface area contributed by atoms with Gasteiger partial charge < -0.3 is 16.1 Å². The second-order valence-electron chi connectivity index (χ2n) is 8.19. The van der Waals surface area contributed by atoms with Crippen molar-refractivity contribution in [2.45, 2.75) is 20.4 Å². The Morgan fingerprint density at radius 2 is 2.07 bits per heavy atom. The van der Waals surface area contributed by atoms with Crippen LogP contribution in [0.2, 0.25) is 0 Å². The monoisotopic (exact) mass is 402 g/mol. The number of fused-ring (bicyclic) bond motifs is 1. The van der Waals surface area contributed by atoms with E-state index in [0.717, 1.165) is 53.4 Å². The van der Waals surface area contributed by atoms with Crippen LogP contribution in [-0.2, 0) is 6.54 Å². The summed E-state index contributed by atoms with van der Waals surface area (Å²) in [6, 6.07) is 5.99. The number of hydrogen-bond donors (Lipinski definition) is 4. The molecule has 0 amide bonds. The van der Waals surface area contributed by atoms with Crippen LogP contribution < -0.4 is 21.5 Å². The predicted molar refractivity (Wildman–Crippen MR) is 118 cm³/mol. The Labute approximate surface area is 175 Å². The number of hydrogen-bond acceptors (Lipinski definition) is 7. The van der Waals surface area contributed by atoms with Crippen molar-refractivity contribution >= 4 is 16.9 Å². The Kier molecular flexibility index (Phi) is 4.84. The minimum Gasteiger partial charge on any atom is -0.325 e. The minimum absolute atomic E-state index is 0.439. The second-order valence-corrected chi connectivity index (χ2v) is 8.19. The standard InChI is InChI=1S/C22H26N8/c1-14(2)16-6-22(29-25-10-16)28-21-4-3-19-20(27-21)5-17(9-24-19)18-11-26-30(13-18)12-15-7-23-8-15/h3-6,9-11,13-15,23,25,29H,7-8,12H2,1-2H3,(H,27,28). The van der Waals surface area contributed by atoms with Gasteiger partial charge in [0.25, 0.3) is 0 Å². The van der Waals surface area contributed by atoms with Gasteiger partial charge >= 0.3 is 0 Å². The molecule has 0 bridgehead atoms. The highest BCUT2D eigenvalue weighted by Gasteiger charge is 2.17. The number of aromatic nitrogens is 4. The highest BCUT2D eigenvalue weighted by molar-refractivity contribution is 5.81. The molecule has 0 unspecified atom stereocenters. The Hall–Kier alpha value is -3.39. The van der Waals surface area contributed by atoms with Crippen LogP contribution in [0.5, 0.6) is 0 Å².